The molecule has 1 unspecified atom stereocenters. The van der Waals surface area contributed by atoms with Crippen LogP contribution in [0.4, 0.5) is 0 Å². The molecule has 3 heterocycles. The Bertz CT molecular complexity index is 882. The number of nitrogens with zero attached hydrogens (tertiary/aromatic N) is 4. The fourth-order valence-corrected chi connectivity index (χ4v) is 2.85. The van der Waals surface area contributed by atoms with Gasteiger partial charge in [-0.2, -0.15) is 0 Å². The van der Waals surface area contributed by atoms with Crippen molar-refractivity contribution in [3.05, 3.63) is 54.2 Å². The molecular formula is C19H20N4O3. The summed E-state index contributed by atoms with van der Waals surface area (Å²) >= 11 is 0. The van der Waals surface area contributed by atoms with Crippen molar-refractivity contribution in [2.75, 3.05) is 20.3 Å². The second-order valence-corrected chi connectivity index (χ2v) is 6.24. The van der Waals surface area contributed by atoms with Crippen LogP contribution in [0.2, 0.25) is 0 Å². The quantitative estimate of drug-likeness (QED) is 0.698. The topological polar surface area (TPSA) is 73.5 Å². The molecule has 0 aliphatic carbocycles. The van der Waals surface area contributed by atoms with E-state index in [0.29, 0.717) is 31.5 Å². The SMILES string of the molecule is CC(c1ccc2c(c1)OCCO2)N(C)Cc1nnc(-c2cccnc2)o1. The van der Waals surface area contributed by atoms with Gasteiger partial charge in [-0.3, -0.25) is 9.88 Å². The standard InChI is InChI=1S/C19H20N4O3/c1-13(14-5-6-16-17(10-14)25-9-8-24-16)23(2)12-18-21-22-19(26-18)15-4-3-7-20-11-15/h3-7,10-11,13H,8-9,12H2,1-2H3. The Kier molecular flexibility index (Phi) is 4.53. The van der Waals surface area contributed by atoms with Crippen LogP contribution in [0.1, 0.15) is 24.4 Å². The highest BCUT2D eigenvalue weighted by Gasteiger charge is 2.19. The smallest absolute Gasteiger partial charge is 0.249 e. The molecule has 1 aromatic carbocycles. The van der Waals surface area contributed by atoms with E-state index in [1.807, 2.05) is 31.3 Å². The third-order valence-electron chi connectivity index (χ3n) is 4.47. The monoisotopic (exact) mass is 352 g/mol. The molecule has 2 aromatic heterocycles. The maximum absolute atomic E-state index is 5.77. The maximum atomic E-state index is 5.77. The number of ether oxygens (including phenoxy) is 2. The zero-order valence-electron chi connectivity index (χ0n) is 14.8. The Hall–Kier alpha value is -2.93. The molecule has 0 N–H and O–H groups in total. The summed E-state index contributed by atoms with van der Waals surface area (Å²) < 4.78 is 17.0. The van der Waals surface area contributed by atoms with Crippen LogP contribution in [-0.4, -0.2) is 40.3 Å². The largest absolute Gasteiger partial charge is 0.486 e. The summed E-state index contributed by atoms with van der Waals surface area (Å²) in [6.45, 7) is 3.85. The van der Waals surface area contributed by atoms with Gasteiger partial charge in [-0.1, -0.05) is 6.07 Å². The first-order valence-corrected chi connectivity index (χ1v) is 8.53. The second kappa shape index (κ2) is 7.13. The number of rotatable bonds is 5. The van der Waals surface area contributed by atoms with Crippen molar-refractivity contribution in [1.82, 2.24) is 20.1 Å². The number of benzene rings is 1. The van der Waals surface area contributed by atoms with Gasteiger partial charge >= 0.3 is 0 Å². The van der Waals surface area contributed by atoms with Crippen LogP contribution in [-0.2, 0) is 6.54 Å². The summed E-state index contributed by atoms with van der Waals surface area (Å²) in [6, 6.07) is 9.94. The van der Waals surface area contributed by atoms with Gasteiger partial charge in [-0.25, -0.2) is 0 Å². The fourth-order valence-electron chi connectivity index (χ4n) is 2.85. The molecule has 0 bridgehead atoms. The van der Waals surface area contributed by atoms with E-state index in [4.69, 9.17) is 13.9 Å². The molecule has 26 heavy (non-hydrogen) atoms. The molecule has 0 fully saturated rings. The summed E-state index contributed by atoms with van der Waals surface area (Å²) in [7, 11) is 2.02. The normalized spacial score (nSPS) is 14.4. The Morgan fingerprint density at radius 3 is 2.77 bits per heavy atom. The Balaban J connectivity index is 1.46. The highest BCUT2D eigenvalue weighted by molar-refractivity contribution is 5.50. The summed E-state index contributed by atoms with van der Waals surface area (Å²) in [6.07, 6.45) is 3.42. The van der Waals surface area contributed by atoms with Gasteiger partial charge in [0.1, 0.15) is 13.2 Å². The first kappa shape index (κ1) is 16.5. The molecule has 0 saturated heterocycles. The van der Waals surface area contributed by atoms with Crippen molar-refractivity contribution in [1.29, 1.82) is 0 Å². The number of hydrogen-bond donors (Lipinski definition) is 0. The predicted octanol–water partition coefficient (Wildman–Crippen LogP) is 3.10. The molecule has 0 spiro atoms. The van der Waals surface area contributed by atoms with Crippen molar-refractivity contribution in [3.8, 4) is 23.0 Å². The van der Waals surface area contributed by atoms with E-state index >= 15 is 0 Å². The molecule has 134 valence electrons. The minimum atomic E-state index is 0.152. The van der Waals surface area contributed by atoms with Gasteiger partial charge in [0.2, 0.25) is 11.8 Å². The zero-order valence-corrected chi connectivity index (χ0v) is 14.8. The molecule has 0 saturated carbocycles. The zero-order chi connectivity index (χ0) is 17.9. The summed E-state index contributed by atoms with van der Waals surface area (Å²) in [5, 5.41) is 8.26. The van der Waals surface area contributed by atoms with Gasteiger partial charge in [-0.05, 0) is 43.8 Å². The van der Waals surface area contributed by atoms with E-state index < -0.39 is 0 Å². The number of fused-ring (bicyclic) bond motifs is 1. The molecule has 1 aliphatic rings. The van der Waals surface area contributed by atoms with Gasteiger partial charge in [0.05, 0.1) is 12.1 Å². The van der Waals surface area contributed by atoms with Crippen LogP contribution in [0, 0.1) is 0 Å². The first-order chi connectivity index (χ1) is 12.7. The minimum Gasteiger partial charge on any atom is -0.486 e. The van der Waals surface area contributed by atoms with Gasteiger partial charge in [-0.15, -0.1) is 10.2 Å². The molecule has 7 heteroatoms. The number of hydrogen-bond acceptors (Lipinski definition) is 7. The van der Waals surface area contributed by atoms with Crippen molar-refractivity contribution in [2.45, 2.75) is 19.5 Å². The van der Waals surface area contributed by atoms with Crippen molar-refractivity contribution < 1.29 is 13.9 Å². The van der Waals surface area contributed by atoms with Crippen LogP contribution < -0.4 is 9.47 Å². The number of aromatic nitrogens is 3. The first-order valence-electron chi connectivity index (χ1n) is 8.53. The van der Waals surface area contributed by atoms with E-state index in [9.17, 15) is 0 Å². The lowest BCUT2D eigenvalue weighted by Gasteiger charge is -2.25. The molecule has 4 rings (SSSR count). The van der Waals surface area contributed by atoms with E-state index in [1.54, 1.807) is 12.4 Å². The average molecular weight is 352 g/mol. The third kappa shape index (κ3) is 3.39. The highest BCUT2D eigenvalue weighted by Crippen LogP contribution is 2.34. The summed E-state index contributed by atoms with van der Waals surface area (Å²) in [5.41, 5.74) is 1.96. The van der Waals surface area contributed by atoms with Gasteiger partial charge in [0.15, 0.2) is 11.5 Å². The maximum Gasteiger partial charge on any atom is 0.249 e. The molecular weight excluding hydrogens is 332 g/mol. The molecule has 3 aromatic rings. The lowest BCUT2D eigenvalue weighted by atomic mass is 10.1. The van der Waals surface area contributed by atoms with Crippen molar-refractivity contribution >= 4 is 0 Å². The van der Waals surface area contributed by atoms with Gasteiger partial charge in [0.25, 0.3) is 0 Å². The summed E-state index contributed by atoms with van der Waals surface area (Å²) in [4.78, 5) is 6.22. The van der Waals surface area contributed by atoms with Crippen LogP contribution in [0.3, 0.4) is 0 Å². The van der Waals surface area contributed by atoms with E-state index in [1.165, 1.54) is 0 Å². The van der Waals surface area contributed by atoms with Crippen LogP contribution in [0.25, 0.3) is 11.5 Å². The van der Waals surface area contributed by atoms with Crippen LogP contribution in [0.5, 0.6) is 11.5 Å². The van der Waals surface area contributed by atoms with Crippen LogP contribution >= 0.6 is 0 Å². The van der Waals surface area contributed by atoms with E-state index in [0.717, 1.165) is 22.6 Å². The van der Waals surface area contributed by atoms with Crippen LogP contribution in [0.15, 0.2) is 47.1 Å². The second-order valence-electron chi connectivity index (χ2n) is 6.24. The van der Waals surface area contributed by atoms with E-state index in [2.05, 4.69) is 33.1 Å². The number of pyridine rings is 1. The Morgan fingerprint density at radius 1 is 1.12 bits per heavy atom. The molecule has 7 nitrogen and oxygen atoms in total. The lowest BCUT2D eigenvalue weighted by molar-refractivity contribution is 0.170. The lowest BCUT2D eigenvalue weighted by Crippen LogP contribution is -2.22. The predicted molar refractivity (Wildman–Crippen MR) is 94.8 cm³/mol. The van der Waals surface area contributed by atoms with Gasteiger partial charge in [0, 0.05) is 18.4 Å². The molecule has 0 amide bonds. The van der Waals surface area contributed by atoms with Crippen molar-refractivity contribution in [2.24, 2.45) is 0 Å². The Morgan fingerprint density at radius 2 is 1.96 bits per heavy atom. The van der Waals surface area contributed by atoms with E-state index in [-0.39, 0.29) is 6.04 Å². The minimum absolute atomic E-state index is 0.152. The Labute approximate surface area is 151 Å². The highest BCUT2D eigenvalue weighted by atomic mass is 16.6. The van der Waals surface area contributed by atoms with Crippen molar-refractivity contribution in [3.63, 3.8) is 0 Å². The van der Waals surface area contributed by atoms with Gasteiger partial charge < -0.3 is 13.9 Å². The summed E-state index contributed by atoms with van der Waals surface area (Å²) in [5.74, 6) is 2.64. The fraction of sp³-hybridized carbons (Fsp3) is 0.316. The molecule has 1 atom stereocenters. The molecule has 1 aliphatic heterocycles. The third-order valence-corrected chi connectivity index (χ3v) is 4.47. The average Bonchev–Trinajstić information content (AvgIpc) is 3.16. The molecule has 0 radical (unpaired) electrons.